The van der Waals surface area contributed by atoms with E-state index in [0.29, 0.717) is 28.5 Å². The molecule has 31 heavy (non-hydrogen) atoms. The largest absolute Gasteiger partial charge is 0.449 e. The molecule has 162 valence electrons. The van der Waals surface area contributed by atoms with Gasteiger partial charge in [0.1, 0.15) is 6.61 Å². The molecule has 5 rings (SSSR count). The highest BCUT2D eigenvalue weighted by atomic mass is 35.5. The number of Topliss-reactive ketones (excluding diaryl/α,β-unsaturated/α-hetero) is 2. The first kappa shape index (κ1) is 20.0. The average molecular weight is 445 g/mol. The predicted octanol–water partition coefficient (Wildman–Crippen LogP) is 1.16. The quantitative estimate of drug-likeness (QED) is 0.455. The maximum Gasteiger partial charge on any atom is 0.404 e. The number of hydrogen-bond donors (Lipinski definition) is 3. The van der Waals surface area contributed by atoms with Gasteiger partial charge in [-0.05, 0) is 31.2 Å². The number of methoxy groups -OCH3 is 1. The molecule has 0 spiro atoms. The van der Waals surface area contributed by atoms with Crippen LogP contribution in [0.1, 0.15) is 6.92 Å². The van der Waals surface area contributed by atoms with Crippen LogP contribution in [0.15, 0.2) is 46.8 Å². The zero-order chi connectivity index (χ0) is 22.1. The fourth-order valence-electron chi connectivity index (χ4n) is 5.12. The average Bonchev–Trinajstić information content (AvgIpc) is 3.35. The molecule has 4 atom stereocenters. The van der Waals surface area contributed by atoms with E-state index < -0.39 is 17.7 Å². The Morgan fingerprint density at radius 2 is 2.03 bits per heavy atom. The number of carbonyl (C=O) groups is 3. The summed E-state index contributed by atoms with van der Waals surface area (Å²) in [5, 5.41) is 6.95. The van der Waals surface area contributed by atoms with Crippen LogP contribution in [0.25, 0.3) is 0 Å². The molecule has 3 aliphatic heterocycles. The Bertz CT molecular complexity index is 1080. The summed E-state index contributed by atoms with van der Waals surface area (Å²) in [5.41, 5.74) is 5.92. The number of ether oxygens (including phenoxy) is 2. The summed E-state index contributed by atoms with van der Waals surface area (Å²) < 4.78 is 11.1. The fourth-order valence-corrected chi connectivity index (χ4v) is 5.24. The summed E-state index contributed by atoms with van der Waals surface area (Å²) in [4.78, 5) is 40.3. The molecule has 1 amide bonds. The number of hydrogen-bond acceptors (Lipinski definition) is 8. The van der Waals surface area contributed by atoms with Crippen molar-refractivity contribution in [3.63, 3.8) is 0 Å². The standard InChI is InChI=1S/C21H21ClN4O5/c1-9-15(24-11-5-3-10(22)4-6-11)18(28)14-12(8-31-20(23)29)21(30-2)19-13(25-19)7-26(21)16(14)17(9)27/h3-6,12-13,19,24-25H,7-8H2,1-2H3,(H2,23,29)/t12-,13+,19+,21?/m0/s1. The van der Waals surface area contributed by atoms with Crippen LogP contribution in [0.3, 0.4) is 0 Å². The molecule has 1 aliphatic carbocycles. The number of primary amides is 1. The topological polar surface area (TPSA) is 133 Å². The maximum absolute atomic E-state index is 13.7. The number of ketones is 2. The smallest absolute Gasteiger partial charge is 0.404 e. The highest BCUT2D eigenvalue weighted by molar-refractivity contribution is 6.30. The lowest BCUT2D eigenvalue weighted by atomic mass is 9.82. The number of allylic oxidation sites excluding steroid dienone is 2. The van der Waals surface area contributed by atoms with E-state index in [-0.39, 0.29) is 41.5 Å². The minimum Gasteiger partial charge on any atom is -0.449 e. The van der Waals surface area contributed by atoms with Gasteiger partial charge in [-0.2, -0.15) is 0 Å². The zero-order valence-corrected chi connectivity index (χ0v) is 17.7. The summed E-state index contributed by atoms with van der Waals surface area (Å²) >= 11 is 5.95. The minimum atomic E-state index is -0.994. The van der Waals surface area contributed by atoms with E-state index in [4.69, 9.17) is 26.8 Å². The molecule has 1 aromatic rings. The molecule has 1 aromatic carbocycles. The number of halogens is 1. The number of nitrogens with one attached hydrogen (secondary N) is 2. The van der Waals surface area contributed by atoms with Crippen LogP contribution in [0.4, 0.5) is 10.5 Å². The number of nitrogens with zero attached hydrogens (tertiary/aromatic N) is 1. The lowest BCUT2D eigenvalue weighted by molar-refractivity contribution is -0.137. The van der Waals surface area contributed by atoms with Crippen molar-refractivity contribution in [3.8, 4) is 0 Å². The highest BCUT2D eigenvalue weighted by Crippen LogP contribution is 2.55. The van der Waals surface area contributed by atoms with Crippen LogP contribution in [0.2, 0.25) is 5.02 Å². The van der Waals surface area contributed by atoms with E-state index in [1.165, 1.54) is 7.11 Å². The molecule has 0 bridgehead atoms. The molecule has 9 nitrogen and oxygen atoms in total. The van der Waals surface area contributed by atoms with Gasteiger partial charge in [0, 0.05) is 41.6 Å². The minimum absolute atomic E-state index is 0.0850. The summed E-state index contributed by atoms with van der Waals surface area (Å²) in [6.07, 6.45) is -0.953. The number of anilines is 1. The van der Waals surface area contributed by atoms with Crippen LogP contribution in [-0.4, -0.2) is 60.6 Å². The molecule has 4 N–H and O–H groups in total. The van der Waals surface area contributed by atoms with Crippen molar-refractivity contribution in [2.75, 3.05) is 25.6 Å². The van der Waals surface area contributed by atoms with Gasteiger partial charge in [-0.1, -0.05) is 11.6 Å². The first-order valence-corrected chi connectivity index (χ1v) is 10.3. The molecule has 0 radical (unpaired) electrons. The van der Waals surface area contributed by atoms with Crippen molar-refractivity contribution < 1.29 is 23.9 Å². The lowest BCUT2D eigenvalue weighted by Gasteiger charge is -2.39. The molecular weight excluding hydrogens is 424 g/mol. The first-order chi connectivity index (χ1) is 14.8. The Morgan fingerprint density at radius 1 is 1.32 bits per heavy atom. The van der Waals surface area contributed by atoms with Gasteiger partial charge in [0.05, 0.1) is 23.4 Å². The number of piperazine rings is 1. The monoisotopic (exact) mass is 444 g/mol. The third-order valence-electron chi connectivity index (χ3n) is 6.54. The van der Waals surface area contributed by atoms with E-state index in [1.807, 2.05) is 4.90 Å². The number of carbonyl (C=O) groups excluding carboxylic acids is 3. The Morgan fingerprint density at radius 3 is 2.68 bits per heavy atom. The van der Waals surface area contributed by atoms with Gasteiger partial charge < -0.3 is 30.7 Å². The highest BCUT2D eigenvalue weighted by Gasteiger charge is 2.72. The van der Waals surface area contributed by atoms with Crippen LogP contribution in [-0.2, 0) is 19.1 Å². The van der Waals surface area contributed by atoms with E-state index in [1.54, 1.807) is 31.2 Å². The van der Waals surface area contributed by atoms with Crippen molar-refractivity contribution in [2.24, 2.45) is 11.7 Å². The molecule has 2 saturated heterocycles. The predicted molar refractivity (Wildman–Crippen MR) is 111 cm³/mol. The second-order valence-electron chi connectivity index (χ2n) is 8.05. The number of amides is 1. The van der Waals surface area contributed by atoms with Crippen LogP contribution < -0.4 is 16.4 Å². The van der Waals surface area contributed by atoms with Crippen molar-refractivity contribution in [3.05, 3.63) is 51.8 Å². The van der Waals surface area contributed by atoms with E-state index in [0.717, 1.165) is 0 Å². The second-order valence-corrected chi connectivity index (χ2v) is 8.49. The normalized spacial score (nSPS) is 30.9. The van der Waals surface area contributed by atoms with Crippen LogP contribution in [0, 0.1) is 5.92 Å². The third-order valence-corrected chi connectivity index (χ3v) is 6.79. The van der Waals surface area contributed by atoms with Gasteiger partial charge in [-0.15, -0.1) is 0 Å². The van der Waals surface area contributed by atoms with E-state index >= 15 is 0 Å². The number of nitrogens with two attached hydrogens (primary N) is 1. The Labute approximate surface area is 183 Å². The molecule has 1 unspecified atom stereocenters. The molecule has 2 fully saturated rings. The van der Waals surface area contributed by atoms with Crippen molar-refractivity contribution >= 4 is 34.9 Å². The number of fused-ring (bicyclic) bond motifs is 4. The van der Waals surface area contributed by atoms with Crippen LogP contribution >= 0.6 is 11.6 Å². The van der Waals surface area contributed by atoms with Crippen LogP contribution in [0.5, 0.6) is 0 Å². The van der Waals surface area contributed by atoms with Gasteiger partial charge in [0.15, 0.2) is 5.72 Å². The van der Waals surface area contributed by atoms with Gasteiger partial charge in [0.25, 0.3) is 0 Å². The lowest BCUT2D eigenvalue weighted by Crippen LogP contribution is -2.55. The Hall–Kier alpha value is -2.88. The Balaban J connectivity index is 1.56. The summed E-state index contributed by atoms with van der Waals surface area (Å²) in [5.74, 6) is -1.25. The maximum atomic E-state index is 13.7. The third kappa shape index (κ3) is 2.73. The fraction of sp³-hybridized carbons (Fsp3) is 0.381. The molecule has 10 heteroatoms. The molecular formula is C21H21ClN4O5. The first-order valence-electron chi connectivity index (χ1n) is 9.87. The van der Waals surface area contributed by atoms with Crippen molar-refractivity contribution in [1.29, 1.82) is 0 Å². The SMILES string of the molecule is COC12[C@@H]3N[C@@H]3CN1C1=C(C(=O)C(Nc3ccc(Cl)cc3)=C(C)C1=O)[C@@H]2COC(N)=O. The van der Waals surface area contributed by atoms with E-state index in [2.05, 4.69) is 10.6 Å². The number of benzene rings is 1. The van der Waals surface area contributed by atoms with E-state index in [9.17, 15) is 14.4 Å². The Kier molecular flexibility index (Phi) is 4.40. The molecule has 0 aromatic heterocycles. The summed E-state index contributed by atoms with van der Waals surface area (Å²) in [6, 6.07) is 6.88. The summed E-state index contributed by atoms with van der Waals surface area (Å²) in [7, 11) is 1.53. The van der Waals surface area contributed by atoms with Crippen molar-refractivity contribution in [2.45, 2.75) is 24.7 Å². The summed E-state index contributed by atoms with van der Waals surface area (Å²) in [6.45, 7) is 1.98. The molecule has 4 aliphatic rings. The molecule has 3 heterocycles. The zero-order valence-electron chi connectivity index (χ0n) is 16.9. The van der Waals surface area contributed by atoms with Crippen molar-refractivity contribution in [1.82, 2.24) is 10.2 Å². The van der Waals surface area contributed by atoms with Gasteiger partial charge >= 0.3 is 6.09 Å². The molecule has 0 saturated carbocycles. The second kappa shape index (κ2) is 6.81. The van der Waals surface area contributed by atoms with Gasteiger partial charge in [-0.3, -0.25) is 9.59 Å². The number of rotatable bonds is 5. The van der Waals surface area contributed by atoms with Gasteiger partial charge in [-0.25, -0.2) is 4.79 Å². The van der Waals surface area contributed by atoms with Gasteiger partial charge in [0.2, 0.25) is 11.6 Å².